The fourth-order valence-corrected chi connectivity index (χ4v) is 2.34. The molecule has 1 aromatic carbocycles. The van der Waals surface area contributed by atoms with Crippen molar-refractivity contribution in [2.75, 3.05) is 11.9 Å². The van der Waals surface area contributed by atoms with Gasteiger partial charge in [0, 0.05) is 18.7 Å². The number of hydrogen-bond donors (Lipinski definition) is 2. The number of aromatic nitrogens is 2. The van der Waals surface area contributed by atoms with Crippen molar-refractivity contribution in [1.82, 2.24) is 9.97 Å². The van der Waals surface area contributed by atoms with Crippen molar-refractivity contribution in [3.63, 3.8) is 0 Å². The molecule has 0 bridgehead atoms. The number of rotatable bonds is 5. The molecule has 100 valence electrons. The summed E-state index contributed by atoms with van der Waals surface area (Å²) in [6.07, 6.45) is 2.39. The zero-order chi connectivity index (χ0) is 13.4. The van der Waals surface area contributed by atoms with Crippen LogP contribution < -0.4 is 5.32 Å². The number of aromatic amines is 1. The molecule has 19 heavy (non-hydrogen) atoms. The van der Waals surface area contributed by atoms with Gasteiger partial charge in [0.2, 0.25) is 5.95 Å². The average Bonchev–Trinajstić information content (AvgIpc) is 3.15. The number of non-ortho nitro benzene ring substituents is 1. The van der Waals surface area contributed by atoms with Gasteiger partial charge >= 0.3 is 0 Å². The van der Waals surface area contributed by atoms with Gasteiger partial charge in [0.05, 0.1) is 21.3 Å². The van der Waals surface area contributed by atoms with E-state index >= 15 is 0 Å². The number of nitro groups is 1. The lowest BCUT2D eigenvalue weighted by atomic mass is 10.3. The highest BCUT2D eigenvalue weighted by atomic mass is 35.5. The summed E-state index contributed by atoms with van der Waals surface area (Å²) in [4.78, 5) is 17.6. The predicted molar refractivity (Wildman–Crippen MR) is 73.6 cm³/mol. The van der Waals surface area contributed by atoms with E-state index in [1.54, 1.807) is 6.07 Å². The maximum Gasteiger partial charge on any atom is 0.271 e. The second-order valence-corrected chi connectivity index (χ2v) is 5.34. The molecule has 0 spiro atoms. The van der Waals surface area contributed by atoms with Gasteiger partial charge in [-0.15, -0.1) is 11.6 Å². The summed E-state index contributed by atoms with van der Waals surface area (Å²) >= 11 is 6.20. The van der Waals surface area contributed by atoms with Crippen LogP contribution in [0.2, 0.25) is 0 Å². The highest BCUT2D eigenvalue weighted by Gasteiger charge is 2.29. The highest BCUT2D eigenvalue weighted by Crippen LogP contribution is 2.35. The molecule has 1 heterocycles. The molecular formula is C12H13ClN4O2. The van der Waals surface area contributed by atoms with Crippen LogP contribution in [0.1, 0.15) is 12.8 Å². The molecule has 7 heteroatoms. The third-order valence-electron chi connectivity index (χ3n) is 3.27. The van der Waals surface area contributed by atoms with Crippen LogP contribution >= 0.6 is 11.6 Å². The van der Waals surface area contributed by atoms with Crippen molar-refractivity contribution in [2.45, 2.75) is 18.2 Å². The first-order valence-electron chi connectivity index (χ1n) is 6.15. The van der Waals surface area contributed by atoms with Crippen molar-refractivity contribution in [1.29, 1.82) is 0 Å². The highest BCUT2D eigenvalue weighted by molar-refractivity contribution is 6.21. The van der Waals surface area contributed by atoms with Crippen LogP contribution in [0, 0.1) is 16.0 Å². The number of imidazole rings is 1. The molecule has 1 fully saturated rings. The molecule has 1 atom stereocenters. The molecule has 1 aromatic heterocycles. The van der Waals surface area contributed by atoms with Gasteiger partial charge in [0.15, 0.2) is 0 Å². The Morgan fingerprint density at radius 1 is 1.58 bits per heavy atom. The summed E-state index contributed by atoms with van der Waals surface area (Å²) < 4.78 is 0. The van der Waals surface area contributed by atoms with Crippen LogP contribution in [0.5, 0.6) is 0 Å². The summed E-state index contributed by atoms with van der Waals surface area (Å²) in [6, 6.07) is 4.56. The maximum absolute atomic E-state index is 10.7. The van der Waals surface area contributed by atoms with Gasteiger partial charge in [-0.1, -0.05) is 0 Å². The minimum absolute atomic E-state index is 0.0518. The number of alkyl halides is 1. The molecule has 1 aliphatic carbocycles. The van der Waals surface area contributed by atoms with E-state index in [2.05, 4.69) is 15.3 Å². The van der Waals surface area contributed by atoms with E-state index in [0.717, 1.165) is 0 Å². The van der Waals surface area contributed by atoms with Gasteiger partial charge in [-0.2, -0.15) is 0 Å². The number of hydrogen-bond acceptors (Lipinski definition) is 4. The predicted octanol–water partition coefficient (Wildman–Crippen LogP) is 2.90. The molecule has 1 saturated carbocycles. The third-order valence-corrected chi connectivity index (χ3v) is 3.78. The van der Waals surface area contributed by atoms with Gasteiger partial charge in [-0.25, -0.2) is 4.98 Å². The largest absolute Gasteiger partial charge is 0.354 e. The van der Waals surface area contributed by atoms with Crippen molar-refractivity contribution in [3.05, 3.63) is 28.3 Å². The fourth-order valence-electron chi connectivity index (χ4n) is 2.01. The van der Waals surface area contributed by atoms with Gasteiger partial charge in [0.1, 0.15) is 0 Å². The molecule has 0 aliphatic heterocycles. The second-order valence-electron chi connectivity index (χ2n) is 4.78. The van der Waals surface area contributed by atoms with E-state index in [1.807, 2.05) is 0 Å². The monoisotopic (exact) mass is 280 g/mol. The third kappa shape index (κ3) is 2.63. The number of nitrogens with one attached hydrogen (secondary N) is 2. The number of fused-ring (bicyclic) bond motifs is 1. The van der Waals surface area contributed by atoms with Crippen molar-refractivity contribution in [2.24, 2.45) is 5.92 Å². The Balaban J connectivity index is 1.75. The molecule has 3 rings (SSSR count). The number of benzene rings is 1. The SMILES string of the molecule is O=[N+]([O-])c1ccc2nc(NCC(Cl)C3CC3)[nH]c2c1. The first-order valence-corrected chi connectivity index (χ1v) is 6.59. The Morgan fingerprint density at radius 3 is 3.05 bits per heavy atom. The van der Waals surface area contributed by atoms with E-state index in [1.165, 1.54) is 25.0 Å². The van der Waals surface area contributed by atoms with Crippen LogP contribution in [0.15, 0.2) is 18.2 Å². The quantitative estimate of drug-likeness (QED) is 0.501. The van der Waals surface area contributed by atoms with Gasteiger partial charge in [-0.05, 0) is 24.8 Å². The van der Waals surface area contributed by atoms with Crippen LogP contribution in [0.3, 0.4) is 0 Å². The topological polar surface area (TPSA) is 83.8 Å². The van der Waals surface area contributed by atoms with Crippen molar-refractivity contribution >= 4 is 34.3 Å². The normalized spacial score (nSPS) is 16.5. The molecule has 6 nitrogen and oxygen atoms in total. The van der Waals surface area contributed by atoms with Crippen LogP contribution in [0.4, 0.5) is 11.6 Å². The average molecular weight is 281 g/mol. The number of anilines is 1. The molecular weight excluding hydrogens is 268 g/mol. The van der Waals surface area contributed by atoms with Crippen LogP contribution in [-0.4, -0.2) is 26.8 Å². The van der Waals surface area contributed by atoms with E-state index < -0.39 is 4.92 Å². The first kappa shape index (κ1) is 12.2. The fraction of sp³-hybridized carbons (Fsp3) is 0.417. The number of H-pyrrole nitrogens is 1. The number of halogens is 1. The minimum Gasteiger partial charge on any atom is -0.354 e. The van der Waals surface area contributed by atoms with E-state index in [0.29, 0.717) is 29.4 Å². The summed E-state index contributed by atoms with van der Waals surface area (Å²) in [6.45, 7) is 0.647. The lowest BCUT2D eigenvalue weighted by Crippen LogP contribution is -2.16. The molecule has 2 N–H and O–H groups in total. The summed E-state index contributed by atoms with van der Waals surface area (Å²) in [5, 5.41) is 13.9. The molecule has 2 aromatic rings. The minimum atomic E-state index is -0.421. The zero-order valence-corrected chi connectivity index (χ0v) is 10.9. The smallest absolute Gasteiger partial charge is 0.271 e. The first-order chi connectivity index (χ1) is 9.13. The second kappa shape index (κ2) is 4.70. The molecule has 0 amide bonds. The summed E-state index contributed by atoms with van der Waals surface area (Å²) in [7, 11) is 0. The molecule has 0 saturated heterocycles. The van der Waals surface area contributed by atoms with Crippen LogP contribution in [-0.2, 0) is 0 Å². The van der Waals surface area contributed by atoms with E-state index in [4.69, 9.17) is 11.6 Å². The van der Waals surface area contributed by atoms with Gasteiger partial charge < -0.3 is 10.3 Å². The Kier molecular flexibility index (Phi) is 3.02. The Labute approximate surface area is 114 Å². The zero-order valence-electron chi connectivity index (χ0n) is 10.1. The van der Waals surface area contributed by atoms with Crippen molar-refractivity contribution in [3.8, 4) is 0 Å². The Hall–Kier alpha value is -1.82. The summed E-state index contributed by atoms with van der Waals surface area (Å²) in [5.74, 6) is 1.21. The summed E-state index contributed by atoms with van der Waals surface area (Å²) in [5.41, 5.74) is 1.40. The van der Waals surface area contributed by atoms with Gasteiger partial charge in [-0.3, -0.25) is 10.1 Å². The van der Waals surface area contributed by atoms with Crippen LogP contribution in [0.25, 0.3) is 11.0 Å². The molecule has 0 radical (unpaired) electrons. The maximum atomic E-state index is 10.7. The number of nitrogens with zero attached hydrogens (tertiary/aromatic N) is 2. The lowest BCUT2D eigenvalue weighted by Gasteiger charge is -2.07. The number of nitro benzene ring substituents is 1. The van der Waals surface area contributed by atoms with Gasteiger partial charge in [0.25, 0.3) is 5.69 Å². The van der Waals surface area contributed by atoms with E-state index in [9.17, 15) is 10.1 Å². The lowest BCUT2D eigenvalue weighted by molar-refractivity contribution is -0.384. The standard InChI is InChI=1S/C12H13ClN4O2/c13-9(7-1-2-7)6-14-12-15-10-4-3-8(17(18)19)5-11(10)16-12/h3-5,7,9H,1-2,6H2,(H2,14,15,16). The Bertz CT molecular complexity index is 623. The van der Waals surface area contributed by atoms with E-state index in [-0.39, 0.29) is 11.1 Å². The Morgan fingerprint density at radius 2 is 2.37 bits per heavy atom. The van der Waals surface area contributed by atoms with Crippen molar-refractivity contribution < 1.29 is 4.92 Å². The molecule has 1 aliphatic rings. The molecule has 1 unspecified atom stereocenters.